The Kier molecular flexibility index (Phi) is 6.51. The second-order valence-corrected chi connectivity index (χ2v) is 4.73. The maximum absolute atomic E-state index is 11.5. The molecule has 15 heavy (non-hydrogen) atoms. The van der Waals surface area contributed by atoms with Crippen molar-refractivity contribution >= 4 is 17.2 Å². The van der Waals surface area contributed by atoms with E-state index in [-0.39, 0.29) is 24.4 Å². The Hall–Kier alpha value is -0.620. The lowest BCUT2D eigenvalue weighted by atomic mass is 10.2. The Labute approximate surface area is 93.1 Å². The molecule has 0 saturated carbocycles. The van der Waals surface area contributed by atoms with Crippen molar-refractivity contribution in [3.05, 3.63) is 0 Å². The summed E-state index contributed by atoms with van der Waals surface area (Å²) in [6.45, 7) is 7.44. The van der Waals surface area contributed by atoms with Crippen LogP contribution in [0.1, 0.15) is 27.7 Å². The summed E-state index contributed by atoms with van der Waals surface area (Å²) >= 11 is -2.16. The summed E-state index contributed by atoms with van der Waals surface area (Å²) in [6.07, 6.45) is -0.467. The van der Waals surface area contributed by atoms with Crippen molar-refractivity contribution in [3.63, 3.8) is 0 Å². The highest BCUT2D eigenvalue weighted by atomic mass is 32.2. The molecule has 0 bridgehead atoms. The van der Waals surface area contributed by atoms with Gasteiger partial charge >= 0.3 is 6.09 Å². The number of carbonyl (C=O) groups is 1. The van der Waals surface area contributed by atoms with Gasteiger partial charge < -0.3 is 14.2 Å². The van der Waals surface area contributed by atoms with Gasteiger partial charge in [-0.1, -0.05) is 11.1 Å². The molecule has 1 amide bonds. The van der Waals surface area contributed by atoms with Crippen LogP contribution in [0.5, 0.6) is 0 Å². The standard InChI is InChI=1S/C9H19NO4S/c1-7(2)10(8(3)4)9(11)14-5-6-15(12)13/h7-8H,5-6H2,1-4H3,(H,12,13)/p-1. The number of carbonyl (C=O) groups excluding carboxylic acids is 1. The molecule has 0 radical (unpaired) electrons. The molecule has 90 valence electrons. The van der Waals surface area contributed by atoms with Crippen molar-refractivity contribution in [3.8, 4) is 0 Å². The summed E-state index contributed by atoms with van der Waals surface area (Å²) in [4.78, 5) is 13.1. The van der Waals surface area contributed by atoms with Gasteiger partial charge in [0.25, 0.3) is 0 Å². The zero-order valence-corrected chi connectivity index (χ0v) is 10.4. The maximum atomic E-state index is 11.5. The van der Waals surface area contributed by atoms with Crippen molar-refractivity contribution in [2.75, 3.05) is 12.4 Å². The van der Waals surface area contributed by atoms with Gasteiger partial charge in [-0.3, -0.25) is 4.21 Å². The first kappa shape index (κ1) is 14.4. The normalized spacial score (nSPS) is 13.0. The number of ether oxygens (including phenoxy) is 1. The maximum Gasteiger partial charge on any atom is 0.410 e. The van der Waals surface area contributed by atoms with E-state index in [0.29, 0.717) is 0 Å². The molecule has 0 spiro atoms. The number of amides is 1. The summed E-state index contributed by atoms with van der Waals surface area (Å²) in [5, 5.41) is 0. The molecule has 1 unspecified atom stereocenters. The second kappa shape index (κ2) is 6.79. The van der Waals surface area contributed by atoms with Gasteiger partial charge in [0.1, 0.15) is 6.61 Å². The lowest BCUT2D eigenvalue weighted by molar-refractivity contribution is 0.0837. The molecule has 0 aliphatic carbocycles. The van der Waals surface area contributed by atoms with Gasteiger partial charge in [0.15, 0.2) is 0 Å². The predicted molar refractivity (Wildman–Crippen MR) is 57.2 cm³/mol. The smallest absolute Gasteiger partial charge is 0.410 e. The first-order valence-electron chi connectivity index (χ1n) is 4.87. The lowest BCUT2D eigenvalue weighted by Crippen LogP contribution is -2.42. The highest BCUT2D eigenvalue weighted by Crippen LogP contribution is 2.07. The second-order valence-electron chi connectivity index (χ2n) is 3.72. The fourth-order valence-electron chi connectivity index (χ4n) is 1.29. The largest absolute Gasteiger partial charge is 0.772 e. The molecule has 0 aromatic rings. The summed E-state index contributed by atoms with van der Waals surface area (Å²) in [5.41, 5.74) is 0. The van der Waals surface area contributed by atoms with E-state index in [1.807, 2.05) is 27.7 Å². The van der Waals surface area contributed by atoms with Crippen LogP contribution in [0.15, 0.2) is 0 Å². The van der Waals surface area contributed by atoms with Crippen LogP contribution in [0.2, 0.25) is 0 Å². The molecule has 0 rings (SSSR count). The highest BCUT2D eigenvalue weighted by Gasteiger charge is 2.20. The molecular weight excluding hydrogens is 218 g/mol. The fraction of sp³-hybridized carbons (Fsp3) is 0.889. The van der Waals surface area contributed by atoms with Crippen LogP contribution in [-0.2, 0) is 15.8 Å². The van der Waals surface area contributed by atoms with Gasteiger partial charge in [-0.2, -0.15) is 0 Å². The molecule has 1 atom stereocenters. The summed E-state index contributed by atoms with van der Waals surface area (Å²) in [7, 11) is 0. The Morgan fingerprint density at radius 1 is 1.33 bits per heavy atom. The molecule has 0 aliphatic heterocycles. The Morgan fingerprint density at radius 2 is 1.80 bits per heavy atom. The van der Waals surface area contributed by atoms with Crippen molar-refractivity contribution in [2.45, 2.75) is 39.8 Å². The van der Waals surface area contributed by atoms with Crippen LogP contribution in [0.4, 0.5) is 4.79 Å². The SMILES string of the molecule is CC(C)N(C(=O)OCCS(=O)[O-])C(C)C. The van der Waals surface area contributed by atoms with E-state index in [4.69, 9.17) is 4.74 Å². The zero-order valence-electron chi connectivity index (χ0n) is 9.56. The van der Waals surface area contributed by atoms with E-state index in [2.05, 4.69) is 0 Å². The molecule has 0 fully saturated rings. The van der Waals surface area contributed by atoms with Crippen molar-refractivity contribution in [1.29, 1.82) is 0 Å². The Balaban J connectivity index is 4.10. The van der Waals surface area contributed by atoms with E-state index in [1.54, 1.807) is 4.90 Å². The number of rotatable bonds is 5. The average Bonchev–Trinajstić information content (AvgIpc) is 2.01. The van der Waals surface area contributed by atoms with E-state index in [0.717, 1.165) is 0 Å². The van der Waals surface area contributed by atoms with Crippen LogP contribution in [-0.4, -0.2) is 44.2 Å². The van der Waals surface area contributed by atoms with Gasteiger partial charge in [-0.05, 0) is 27.7 Å². The molecule has 0 aliphatic rings. The predicted octanol–water partition coefficient (Wildman–Crippen LogP) is 1.12. The van der Waals surface area contributed by atoms with Crippen molar-refractivity contribution in [1.82, 2.24) is 4.90 Å². The molecule has 0 aromatic carbocycles. The molecule has 0 aromatic heterocycles. The van der Waals surface area contributed by atoms with E-state index in [9.17, 15) is 13.6 Å². The van der Waals surface area contributed by atoms with Crippen LogP contribution < -0.4 is 0 Å². The first-order valence-corrected chi connectivity index (χ1v) is 6.11. The number of hydrogen-bond acceptors (Lipinski definition) is 4. The number of nitrogens with zero attached hydrogens (tertiary/aromatic N) is 1. The van der Waals surface area contributed by atoms with Gasteiger partial charge in [0.2, 0.25) is 0 Å². The third-order valence-corrected chi connectivity index (χ3v) is 2.30. The minimum absolute atomic E-state index is 0.0373. The third kappa shape index (κ3) is 5.74. The monoisotopic (exact) mass is 236 g/mol. The fourth-order valence-corrected chi connectivity index (χ4v) is 1.51. The highest BCUT2D eigenvalue weighted by molar-refractivity contribution is 7.79. The van der Waals surface area contributed by atoms with Gasteiger partial charge in [-0.25, -0.2) is 4.79 Å². The Bertz CT molecular complexity index is 222. The van der Waals surface area contributed by atoms with Crippen LogP contribution in [0.25, 0.3) is 0 Å². The quantitative estimate of drug-likeness (QED) is 0.671. The van der Waals surface area contributed by atoms with Crippen molar-refractivity contribution < 1.29 is 18.3 Å². The van der Waals surface area contributed by atoms with Gasteiger partial charge in [0, 0.05) is 17.8 Å². The minimum atomic E-state index is -2.16. The van der Waals surface area contributed by atoms with E-state index < -0.39 is 17.2 Å². The van der Waals surface area contributed by atoms with Crippen LogP contribution >= 0.6 is 0 Å². The summed E-state index contributed by atoms with van der Waals surface area (Å²) in [5.74, 6) is -0.157. The van der Waals surface area contributed by atoms with Crippen LogP contribution in [0.3, 0.4) is 0 Å². The summed E-state index contributed by atoms with van der Waals surface area (Å²) < 4.78 is 25.3. The lowest BCUT2D eigenvalue weighted by Gasteiger charge is -2.29. The zero-order chi connectivity index (χ0) is 12.0. The third-order valence-electron chi connectivity index (χ3n) is 1.80. The molecule has 0 saturated heterocycles. The van der Waals surface area contributed by atoms with Crippen LogP contribution in [0, 0.1) is 0 Å². The van der Waals surface area contributed by atoms with Gasteiger partial charge in [0.05, 0.1) is 0 Å². The molecule has 0 N–H and O–H groups in total. The van der Waals surface area contributed by atoms with Gasteiger partial charge in [-0.15, -0.1) is 0 Å². The Morgan fingerprint density at radius 3 is 2.13 bits per heavy atom. The molecule has 0 heterocycles. The topological polar surface area (TPSA) is 69.7 Å². The summed E-state index contributed by atoms with van der Waals surface area (Å²) in [6, 6.07) is 0.0745. The first-order chi connectivity index (χ1) is 6.86. The minimum Gasteiger partial charge on any atom is -0.772 e. The number of hydrogen-bond donors (Lipinski definition) is 0. The van der Waals surface area contributed by atoms with E-state index >= 15 is 0 Å². The van der Waals surface area contributed by atoms with Crippen molar-refractivity contribution in [2.24, 2.45) is 0 Å². The average molecular weight is 236 g/mol. The van der Waals surface area contributed by atoms with E-state index in [1.165, 1.54) is 0 Å². The molecular formula is C9H18NO4S-. The molecule has 6 heteroatoms. The molecule has 5 nitrogen and oxygen atoms in total.